The normalized spacial score (nSPS) is 12.0. The molecule has 33 heavy (non-hydrogen) atoms. The van der Waals surface area contributed by atoms with Crippen molar-refractivity contribution in [1.82, 2.24) is 0 Å². The van der Waals surface area contributed by atoms with E-state index >= 15 is 0 Å². The Hall–Kier alpha value is -2.73. The van der Waals surface area contributed by atoms with Gasteiger partial charge in [0.1, 0.15) is 16.9 Å². The maximum absolute atomic E-state index is 12.9. The van der Waals surface area contributed by atoms with Crippen LogP contribution in [0.5, 0.6) is 17.2 Å². The summed E-state index contributed by atoms with van der Waals surface area (Å²) in [6.45, 7) is -1.85. The van der Waals surface area contributed by atoms with Crippen LogP contribution in [0.4, 0.5) is 0 Å². The lowest BCUT2D eigenvalue weighted by Crippen LogP contribution is -2.09. The zero-order valence-electron chi connectivity index (χ0n) is 16.8. The van der Waals surface area contributed by atoms with Gasteiger partial charge in [-0.25, -0.2) is 18.2 Å². The van der Waals surface area contributed by atoms with Crippen LogP contribution >= 0.6 is 15.6 Å². The van der Waals surface area contributed by atoms with Gasteiger partial charge < -0.3 is 38.2 Å². The van der Waals surface area contributed by atoms with Crippen LogP contribution in [0.2, 0.25) is 0 Å². The van der Waals surface area contributed by atoms with Gasteiger partial charge in [-0.2, -0.15) is 0 Å². The quantitative estimate of drug-likeness (QED) is 0.233. The zero-order valence-corrected chi connectivity index (χ0v) is 18.6. The molecule has 2 aromatic carbocycles. The lowest BCUT2D eigenvalue weighted by molar-refractivity contribution is 0.0778. The molecule has 3 rings (SSSR count). The van der Waals surface area contributed by atoms with Crippen molar-refractivity contribution in [1.29, 1.82) is 0 Å². The van der Waals surface area contributed by atoms with Gasteiger partial charge in [-0.05, 0) is 0 Å². The largest absolute Gasteiger partial charge is 0.490 e. The van der Waals surface area contributed by atoms with E-state index in [1.165, 1.54) is 13.2 Å². The molecule has 0 spiro atoms. The molecule has 3 aromatic rings. The molecule has 15 heteroatoms. The van der Waals surface area contributed by atoms with E-state index in [0.717, 1.165) is 6.07 Å². The number of methoxy groups -OCH3 is 1. The summed E-state index contributed by atoms with van der Waals surface area (Å²) in [7, 11) is -8.50. The highest BCUT2D eigenvalue weighted by molar-refractivity contribution is 7.46. The highest BCUT2D eigenvalue weighted by atomic mass is 31.2. The molecule has 0 atom stereocenters. The number of hydrogen-bond donors (Lipinski definition) is 4. The van der Waals surface area contributed by atoms with E-state index in [1.807, 2.05) is 0 Å². The lowest BCUT2D eigenvalue weighted by Gasteiger charge is -2.16. The van der Waals surface area contributed by atoms with Crippen molar-refractivity contribution in [2.24, 2.45) is 0 Å². The minimum absolute atomic E-state index is 0.127. The third-order valence-electron chi connectivity index (χ3n) is 4.02. The number of benzene rings is 2. The molecule has 0 aliphatic heterocycles. The van der Waals surface area contributed by atoms with Crippen molar-refractivity contribution in [3.63, 3.8) is 0 Å². The molecule has 13 nitrogen and oxygen atoms in total. The highest BCUT2D eigenvalue weighted by Crippen LogP contribution is 2.43. The SMILES string of the molecule is COc1c(OCOP(=O)(O)O)cc(OCOP(=O)(O)O)c2c(=O)cc(-c3ccccc3)oc12. The third kappa shape index (κ3) is 6.64. The van der Waals surface area contributed by atoms with Crippen LogP contribution in [0.3, 0.4) is 0 Å². The first kappa shape index (κ1) is 24.9. The monoisotopic (exact) mass is 504 g/mol. The van der Waals surface area contributed by atoms with Crippen LogP contribution in [-0.4, -0.2) is 40.3 Å². The Morgan fingerprint density at radius 3 is 2.00 bits per heavy atom. The molecule has 0 amide bonds. The number of phosphoric ester groups is 2. The summed E-state index contributed by atoms with van der Waals surface area (Å²) in [5.41, 5.74) is -0.191. The van der Waals surface area contributed by atoms with E-state index in [1.54, 1.807) is 30.3 Å². The minimum atomic E-state index is -4.88. The maximum atomic E-state index is 12.9. The number of ether oxygens (including phenoxy) is 3. The van der Waals surface area contributed by atoms with E-state index in [2.05, 4.69) is 9.05 Å². The standard InChI is InChI=1S/C18H18O13P2/c1-26-17-15(28-10-30-33(23,24)25)8-14(27-9-29-32(20,21)22)16-12(19)7-13(31-18(16)17)11-5-3-2-4-6-11/h2-8H,9-10H2,1H3,(H2,20,21,22)(H2,23,24,25). The zero-order chi connectivity index (χ0) is 24.2. The first-order valence-corrected chi connectivity index (χ1v) is 11.9. The predicted octanol–water partition coefficient (Wildman–Crippen LogP) is 2.36. The molecule has 1 heterocycles. The first-order valence-electron chi connectivity index (χ1n) is 8.88. The van der Waals surface area contributed by atoms with Crippen LogP contribution in [0, 0.1) is 0 Å². The van der Waals surface area contributed by atoms with Crippen LogP contribution in [-0.2, 0) is 18.2 Å². The van der Waals surface area contributed by atoms with Crippen molar-refractivity contribution in [2.75, 3.05) is 20.7 Å². The van der Waals surface area contributed by atoms with Crippen molar-refractivity contribution < 1.29 is 56.4 Å². The molecule has 178 valence electrons. The fraction of sp³-hybridized carbons (Fsp3) is 0.167. The summed E-state index contributed by atoms with van der Waals surface area (Å²) < 4.78 is 51.9. The molecule has 0 unspecified atom stereocenters. The van der Waals surface area contributed by atoms with E-state index in [-0.39, 0.29) is 34.0 Å². The summed E-state index contributed by atoms with van der Waals surface area (Å²) in [6.07, 6.45) is 0. The molecule has 0 radical (unpaired) electrons. The van der Waals surface area contributed by atoms with Crippen LogP contribution in [0.25, 0.3) is 22.3 Å². The third-order valence-corrected chi connectivity index (χ3v) is 4.90. The summed E-state index contributed by atoms with van der Waals surface area (Å²) in [5, 5.41) is -0.163. The summed E-state index contributed by atoms with van der Waals surface area (Å²) in [4.78, 5) is 48.3. The number of fused-ring (bicyclic) bond motifs is 1. The molecule has 0 fully saturated rings. The Bertz CT molecular complexity index is 1280. The Balaban J connectivity index is 2.14. The fourth-order valence-electron chi connectivity index (χ4n) is 2.73. The van der Waals surface area contributed by atoms with Gasteiger partial charge in [-0.15, -0.1) is 0 Å². The Morgan fingerprint density at radius 2 is 1.45 bits per heavy atom. The van der Waals surface area contributed by atoms with Gasteiger partial charge in [-0.1, -0.05) is 30.3 Å². The van der Waals surface area contributed by atoms with Gasteiger partial charge in [-0.3, -0.25) is 4.79 Å². The van der Waals surface area contributed by atoms with Crippen molar-refractivity contribution in [2.45, 2.75) is 0 Å². The van der Waals surface area contributed by atoms with E-state index in [9.17, 15) is 13.9 Å². The fourth-order valence-corrected chi connectivity index (χ4v) is 3.11. The smallest absolute Gasteiger partial charge is 0.472 e. The molecule has 0 aliphatic carbocycles. The van der Waals surface area contributed by atoms with Gasteiger partial charge in [0, 0.05) is 17.7 Å². The van der Waals surface area contributed by atoms with Crippen molar-refractivity contribution in [3.8, 4) is 28.6 Å². The Morgan fingerprint density at radius 1 is 0.879 bits per heavy atom. The molecular weight excluding hydrogens is 486 g/mol. The molecule has 1 aromatic heterocycles. The first-order chi connectivity index (χ1) is 15.5. The topological polar surface area (TPSA) is 191 Å². The van der Waals surface area contributed by atoms with Crippen LogP contribution in [0.1, 0.15) is 0 Å². The lowest BCUT2D eigenvalue weighted by atomic mass is 10.1. The second kappa shape index (κ2) is 10.0. The molecule has 0 aliphatic rings. The van der Waals surface area contributed by atoms with Crippen molar-refractivity contribution in [3.05, 3.63) is 52.7 Å². The van der Waals surface area contributed by atoms with E-state index in [4.69, 9.17) is 38.2 Å². The van der Waals surface area contributed by atoms with Gasteiger partial charge in [0.25, 0.3) is 0 Å². The summed E-state index contributed by atoms with van der Waals surface area (Å²) in [5.74, 6) is -0.443. The molecule has 0 saturated carbocycles. The molecular formula is C18H18O13P2. The Labute approximate surface area is 185 Å². The van der Waals surface area contributed by atoms with Gasteiger partial charge in [0.2, 0.25) is 12.5 Å². The number of hydrogen-bond acceptors (Lipinski definition) is 9. The van der Waals surface area contributed by atoms with E-state index in [0.29, 0.717) is 5.56 Å². The van der Waals surface area contributed by atoms with Gasteiger partial charge in [0.05, 0.1) is 7.11 Å². The predicted molar refractivity (Wildman–Crippen MR) is 112 cm³/mol. The Kier molecular flexibility index (Phi) is 7.58. The summed E-state index contributed by atoms with van der Waals surface area (Å²) in [6, 6.07) is 10.9. The average Bonchev–Trinajstić information content (AvgIpc) is 2.72. The minimum Gasteiger partial charge on any atom is -0.490 e. The highest BCUT2D eigenvalue weighted by Gasteiger charge is 2.23. The van der Waals surface area contributed by atoms with Crippen LogP contribution < -0.4 is 19.6 Å². The van der Waals surface area contributed by atoms with Crippen LogP contribution in [0.15, 0.2) is 51.7 Å². The maximum Gasteiger partial charge on any atom is 0.472 e. The molecule has 0 saturated heterocycles. The van der Waals surface area contributed by atoms with E-state index < -0.39 is 34.7 Å². The average molecular weight is 504 g/mol. The number of phosphoric acid groups is 2. The second-order valence-corrected chi connectivity index (χ2v) is 8.69. The number of rotatable bonds is 10. The van der Waals surface area contributed by atoms with Gasteiger partial charge >= 0.3 is 15.6 Å². The molecule has 4 N–H and O–H groups in total. The molecule has 0 bridgehead atoms. The second-order valence-electron chi connectivity index (χ2n) is 6.21. The van der Waals surface area contributed by atoms with Crippen molar-refractivity contribution >= 4 is 26.6 Å². The summed E-state index contributed by atoms with van der Waals surface area (Å²) >= 11 is 0. The van der Waals surface area contributed by atoms with Gasteiger partial charge in [0.15, 0.2) is 23.6 Å².